The zero-order valence-corrected chi connectivity index (χ0v) is 10.1. The van der Waals surface area contributed by atoms with Crippen molar-refractivity contribution in [1.29, 1.82) is 0 Å². The smallest absolute Gasteiger partial charge is 0.134 e. The number of phenolic OH excluding ortho intramolecular Hbond substituents is 1. The first kappa shape index (κ1) is 11.7. The summed E-state index contributed by atoms with van der Waals surface area (Å²) in [5, 5.41) is 9.11. The maximum Gasteiger partial charge on any atom is 0.134 e. The number of ether oxygens (including phenoxy) is 1. The van der Waals surface area contributed by atoms with Gasteiger partial charge in [-0.3, -0.25) is 0 Å². The van der Waals surface area contributed by atoms with E-state index in [0.717, 1.165) is 0 Å². The van der Waals surface area contributed by atoms with Crippen LogP contribution in [0.2, 0.25) is 0 Å². The molecule has 0 aliphatic carbocycles. The lowest BCUT2D eigenvalue weighted by molar-refractivity contribution is 0.359. The standard InChI is InChI=1S/C9H7BrCl2O2/c10-7-5-6(13)1-2-8(7)14-4-3-9(11)12/h1-3,5,13H,4H2. The van der Waals surface area contributed by atoms with E-state index in [2.05, 4.69) is 15.9 Å². The lowest BCUT2D eigenvalue weighted by Crippen LogP contribution is -1.93. The number of rotatable bonds is 3. The van der Waals surface area contributed by atoms with Crippen LogP contribution in [-0.2, 0) is 0 Å². The number of benzene rings is 1. The molecule has 1 aromatic rings. The second-order valence-electron chi connectivity index (χ2n) is 2.42. The Balaban J connectivity index is 2.64. The van der Waals surface area contributed by atoms with Gasteiger partial charge in [0.05, 0.1) is 4.47 Å². The van der Waals surface area contributed by atoms with E-state index in [4.69, 9.17) is 33.0 Å². The molecule has 2 nitrogen and oxygen atoms in total. The van der Waals surface area contributed by atoms with Crippen molar-refractivity contribution in [3.05, 3.63) is 33.2 Å². The van der Waals surface area contributed by atoms with E-state index in [1.54, 1.807) is 12.1 Å². The summed E-state index contributed by atoms with van der Waals surface area (Å²) in [6.45, 7) is 0.283. The first-order valence-electron chi connectivity index (χ1n) is 3.72. The van der Waals surface area contributed by atoms with Crippen LogP contribution in [0.3, 0.4) is 0 Å². The molecule has 1 rings (SSSR count). The number of hydrogen-bond acceptors (Lipinski definition) is 2. The van der Waals surface area contributed by atoms with Crippen LogP contribution in [0, 0.1) is 0 Å². The summed E-state index contributed by atoms with van der Waals surface area (Å²) in [7, 11) is 0. The Morgan fingerprint density at radius 1 is 1.50 bits per heavy atom. The molecule has 0 bridgehead atoms. The van der Waals surface area contributed by atoms with Crippen LogP contribution in [0.25, 0.3) is 0 Å². The Bertz CT molecular complexity index is 349. The Morgan fingerprint density at radius 3 is 2.79 bits per heavy atom. The van der Waals surface area contributed by atoms with Crippen LogP contribution in [0.5, 0.6) is 11.5 Å². The van der Waals surface area contributed by atoms with Crippen LogP contribution in [0.15, 0.2) is 33.2 Å². The van der Waals surface area contributed by atoms with Crippen LogP contribution in [0.4, 0.5) is 0 Å². The first-order chi connectivity index (χ1) is 6.59. The van der Waals surface area contributed by atoms with Crippen molar-refractivity contribution in [1.82, 2.24) is 0 Å². The fraction of sp³-hybridized carbons (Fsp3) is 0.111. The third-order valence-corrected chi connectivity index (χ3v) is 2.32. The van der Waals surface area contributed by atoms with Crippen molar-refractivity contribution in [3.8, 4) is 11.5 Å². The maximum absolute atomic E-state index is 9.11. The topological polar surface area (TPSA) is 29.5 Å². The highest BCUT2D eigenvalue weighted by Gasteiger charge is 2.00. The van der Waals surface area contributed by atoms with E-state index in [-0.39, 0.29) is 16.8 Å². The fourth-order valence-electron chi connectivity index (χ4n) is 0.801. The first-order valence-corrected chi connectivity index (χ1v) is 5.27. The van der Waals surface area contributed by atoms with E-state index in [9.17, 15) is 0 Å². The zero-order chi connectivity index (χ0) is 10.6. The van der Waals surface area contributed by atoms with Gasteiger partial charge in [-0.15, -0.1) is 0 Å². The molecule has 14 heavy (non-hydrogen) atoms. The van der Waals surface area contributed by atoms with E-state index >= 15 is 0 Å². The van der Waals surface area contributed by atoms with Crippen molar-refractivity contribution in [3.63, 3.8) is 0 Å². The molecule has 0 aromatic heterocycles. The largest absolute Gasteiger partial charge is 0.508 e. The van der Waals surface area contributed by atoms with Gasteiger partial charge in [0, 0.05) is 0 Å². The van der Waals surface area contributed by atoms with Gasteiger partial charge in [0.1, 0.15) is 22.6 Å². The zero-order valence-electron chi connectivity index (χ0n) is 7.01. The molecule has 5 heteroatoms. The summed E-state index contributed by atoms with van der Waals surface area (Å²) in [5.41, 5.74) is 0. The highest BCUT2D eigenvalue weighted by molar-refractivity contribution is 9.10. The molecule has 0 saturated carbocycles. The average Bonchev–Trinajstić information content (AvgIpc) is 2.08. The molecular formula is C9H7BrCl2O2. The van der Waals surface area contributed by atoms with Crippen molar-refractivity contribution < 1.29 is 9.84 Å². The Morgan fingerprint density at radius 2 is 2.21 bits per heavy atom. The summed E-state index contributed by atoms with van der Waals surface area (Å²) in [5.74, 6) is 0.795. The van der Waals surface area contributed by atoms with Gasteiger partial charge in [0.25, 0.3) is 0 Å². The molecule has 1 N–H and O–H groups in total. The summed E-state index contributed by atoms with van der Waals surface area (Å²) in [6, 6.07) is 4.73. The SMILES string of the molecule is Oc1ccc(OCC=C(Cl)Cl)c(Br)c1. The number of hydrogen-bond donors (Lipinski definition) is 1. The molecule has 0 heterocycles. The van der Waals surface area contributed by atoms with Crippen molar-refractivity contribution in [2.45, 2.75) is 0 Å². The van der Waals surface area contributed by atoms with Crippen LogP contribution in [-0.4, -0.2) is 11.7 Å². The minimum atomic E-state index is 0.167. The quantitative estimate of drug-likeness (QED) is 0.918. The Hall–Kier alpha value is -0.380. The van der Waals surface area contributed by atoms with Gasteiger partial charge in [-0.25, -0.2) is 0 Å². The molecule has 0 aliphatic rings. The van der Waals surface area contributed by atoms with Gasteiger partial charge in [-0.05, 0) is 40.2 Å². The number of aromatic hydroxyl groups is 1. The Labute approximate surface area is 100 Å². The molecule has 1 aromatic carbocycles. The lowest BCUT2D eigenvalue weighted by Gasteiger charge is -2.05. The monoisotopic (exact) mass is 296 g/mol. The molecule has 0 unspecified atom stereocenters. The third kappa shape index (κ3) is 3.78. The van der Waals surface area contributed by atoms with Crippen molar-refractivity contribution in [2.75, 3.05) is 6.61 Å². The van der Waals surface area contributed by atoms with Crippen LogP contribution >= 0.6 is 39.1 Å². The molecule has 76 valence electrons. The van der Waals surface area contributed by atoms with Crippen LogP contribution < -0.4 is 4.74 Å². The van der Waals surface area contributed by atoms with E-state index in [1.165, 1.54) is 12.1 Å². The number of halogens is 3. The highest BCUT2D eigenvalue weighted by atomic mass is 79.9. The molecule has 0 atom stereocenters. The molecule has 0 fully saturated rings. The molecule has 0 saturated heterocycles. The normalized spacial score (nSPS) is 9.64. The molecule has 0 aliphatic heterocycles. The summed E-state index contributed by atoms with van der Waals surface area (Å²) >= 11 is 14.1. The predicted octanol–water partition coefficient (Wildman–Crippen LogP) is 3.85. The second-order valence-corrected chi connectivity index (χ2v) is 4.28. The van der Waals surface area contributed by atoms with E-state index < -0.39 is 0 Å². The van der Waals surface area contributed by atoms with Gasteiger partial charge in [0.2, 0.25) is 0 Å². The highest BCUT2D eigenvalue weighted by Crippen LogP contribution is 2.28. The maximum atomic E-state index is 9.11. The molecular weight excluding hydrogens is 291 g/mol. The molecule has 0 spiro atoms. The van der Waals surface area contributed by atoms with Gasteiger partial charge in [-0.2, -0.15) is 0 Å². The van der Waals surface area contributed by atoms with Gasteiger partial charge in [-0.1, -0.05) is 23.2 Å². The van der Waals surface area contributed by atoms with Gasteiger partial charge >= 0.3 is 0 Å². The van der Waals surface area contributed by atoms with E-state index in [1.807, 2.05) is 0 Å². The van der Waals surface area contributed by atoms with E-state index in [0.29, 0.717) is 10.2 Å². The molecule has 0 radical (unpaired) electrons. The molecule has 0 amide bonds. The number of phenols is 1. The summed E-state index contributed by atoms with van der Waals surface area (Å²) in [4.78, 5) is 0. The summed E-state index contributed by atoms with van der Waals surface area (Å²) in [6.07, 6.45) is 1.53. The predicted molar refractivity (Wildman–Crippen MR) is 61.1 cm³/mol. The average molecular weight is 298 g/mol. The minimum absolute atomic E-state index is 0.167. The van der Waals surface area contributed by atoms with Crippen molar-refractivity contribution in [2.24, 2.45) is 0 Å². The Kier molecular flexibility index (Phi) is 4.58. The minimum Gasteiger partial charge on any atom is -0.508 e. The van der Waals surface area contributed by atoms with Crippen LogP contribution in [0.1, 0.15) is 0 Å². The lowest BCUT2D eigenvalue weighted by atomic mass is 10.3. The van der Waals surface area contributed by atoms with Gasteiger partial charge < -0.3 is 9.84 Å². The third-order valence-electron chi connectivity index (χ3n) is 1.39. The summed E-state index contributed by atoms with van der Waals surface area (Å²) < 4.78 is 6.14. The fourth-order valence-corrected chi connectivity index (χ4v) is 1.41. The van der Waals surface area contributed by atoms with Gasteiger partial charge in [0.15, 0.2) is 0 Å². The second kappa shape index (κ2) is 5.49. The van der Waals surface area contributed by atoms with Crippen molar-refractivity contribution >= 4 is 39.1 Å².